The molecular formula is C16H20FN3O. The Hall–Kier alpha value is -1.90. The van der Waals surface area contributed by atoms with Crippen LogP contribution in [0.3, 0.4) is 0 Å². The van der Waals surface area contributed by atoms with Gasteiger partial charge in [-0.05, 0) is 37.1 Å². The van der Waals surface area contributed by atoms with E-state index in [1.54, 1.807) is 12.1 Å². The predicted octanol–water partition coefficient (Wildman–Crippen LogP) is 0.833. The van der Waals surface area contributed by atoms with E-state index in [9.17, 15) is 9.18 Å². The predicted molar refractivity (Wildman–Crippen MR) is 79.5 cm³/mol. The minimum Gasteiger partial charge on any atom is -0.369 e. The lowest BCUT2D eigenvalue weighted by atomic mass is 9.97. The summed E-state index contributed by atoms with van der Waals surface area (Å²) in [6.45, 7) is 2.46. The molecule has 1 aromatic carbocycles. The summed E-state index contributed by atoms with van der Waals surface area (Å²) in [5.74, 6) is 4.73. The average molecular weight is 289 g/mol. The van der Waals surface area contributed by atoms with E-state index < -0.39 is 0 Å². The van der Waals surface area contributed by atoms with Crippen molar-refractivity contribution in [1.82, 2.24) is 4.90 Å². The van der Waals surface area contributed by atoms with Crippen LogP contribution in [0.4, 0.5) is 4.39 Å². The van der Waals surface area contributed by atoms with Crippen molar-refractivity contribution in [2.75, 3.05) is 19.6 Å². The summed E-state index contributed by atoms with van der Waals surface area (Å²) < 4.78 is 13.6. The van der Waals surface area contributed by atoms with Gasteiger partial charge in [-0.1, -0.05) is 17.9 Å². The van der Waals surface area contributed by atoms with Crippen molar-refractivity contribution >= 4 is 5.91 Å². The molecule has 1 amide bonds. The number of amides is 1. The van der Waals surface area contributed by atoms with Crippen molar-refractivity contribution in [2.24, 2.45) is 17.4 Å². The van der Waals surface area contributed by atoms with Crippen molar-refractivity contribution in [3.8, 4) is 11.8 Å². The summed E-state index contributed by atoms with van der Waals surface area (Å²) in [7, 11) is 0. The third-order valence-electron chi connectivity index (χ3n) is 3.67. The molecule has 4 nitrogen and oxygen atoms in total. The van der Waals surface area contributed by atoms with Crippen LogP contribution < -0.4 is 11.5 Å². The molecule has 0 spiro atoms. The molecule has 21 heavy (non-hydrogen) atoms. The first kappa shape index (κ1) is 15.5. The van der Waals surface area contributed by atoms with Crippen molar-refractivity contribution < 1.29 is 9.18 Å². The molecule has 1 unspecified atom stereocenters. The zero-order valence-corrected chi connectivity index (χ0v) is 11.9. The summed E-state index contributed by atoms with van der Waals surface area (Å²) in [5.41, 5.74) is 12.0. The van der Waals surface area contributed by atoms with E-state index in [2.05, 4.69) is 16.7 Å². The van der Waals surface area contributed by atoms with Crippen molar-refractivity contribution in [3.63, 3.8) is 0 Å². The standard InChI is InChI=1S/C16H20FN3O/c17-15-6-5-12(9-13(15)3-1-7-18)10-20-8-2-4-14(11-20)16(19)21/h5-6,9,14H,2,4,7-8,10-11,18H2,(H2,19,21). The van der Waals surface area contributed by atoms with Gasteiger partial charge in [0, 0.05) is 13.1 Å². The lowest BCUT2D eigenvalue weighted by molar-refractivity contribution is -0.123. The Kier molecular flexibility index (Phi) is 5.32. The number of carbonyl (C=O) groups is 1. The van der Waals surface area contributed by atoms with Gasteiger partial charge in [0.15, 0.2) is 0 Å². The Morgan fingerprint density at radius 2 is 2.29 bits per heavy atom. The van der Waals surface area contributed by atoms with E-state index in [1.165, 1.54) is 6.07 Å². The first-order valence-electron chi connectivity index (χ1n) is 7.09. The highest BCUT2D eigenvalue weighted by Crippen LogP contribution is 2.19. The molecule has 4 N–H and O–H groups in total. The molecule has 0 radical (unpaired) electrons. The summed E-state index contributed by atoms with van der Waals surface area (Å²) in [4.78, 5) is 13.5. The zero-order valence-electron chi connectivity index (χ0n) is 11.9. The number of nitrogens with zero attached hydrogens (tertiary/aromatic N) is 1. The van der Waals surface area contributed by atoms with Crippen LogP contribution in [0.1, 0.15) is 24.0 Å². The fourth-order valence-corrected chi connectivity index (χ4v) is 2.60. The van der Waals surface area contributed by atoms with Crippen molar-refractivity contribution in [3.05, 3.63) is 35.1 Å². The highest BCUT2D eigenvalue weighted by atomic mass is 19.1. The third kappa shape index (κ3) is 4.28. The van der Waals surface area contributed by atoms with Gasteiger partial charge < -0.3 is 11.5 Å². The zero-order chi connectivity index (χ0) is 15.2. The van der Waals surface area contributed by atoms with Crippen LogP contribution in [-0.2, 0) is 11.3 Å². The van der Waals surface area contributed by atoms with E-state index in [1.807, 2.05) is 0 Å². The fraction of sp³-hybridized carbons (Fsp3) is 0.438. The number of benzene rings is 1. The van der Waals surface area contributed by atoms with E-state index in [0.717, 1.165) is 24.9 Å². The SMILES string of the molecule is NCC#Cc1cc(CN2CCCC(C(N)=O)C2)ccc1F. The van der Waals surface area contributed by atoms with E-state index >= 15 is 0 Å². The Bertz CT molecular complexity index is 577. The molecule has 1 heterocycles. The van der Waals surface area contributed by atoms with Gasteiger partial charge in [-0.15, -0.1) is 0 Å². The van der Waals surface area contributed by atoms with Crippen molar-refractivity contribution in [1.29, 1.82) is 0 Å². The topological polar surface area (TPSA) is 72.3 Å². The molecule has 1 atom stereocenters. The monoisotopic (exact) mass is 289 g/mol. The molecule has 0 aromatic heterocycles. The maximum Gasteiger partial charge on any atom is 0.221 e. The number of hydrogen-bond donors (Lipinski definition) is 2. The lowest BCUT2D eigenvalue weighted by Gasteiger charge is -2.31. The Morgan fingerprint density at radius 1 is 1.48 bits per heavy atom. The van der Waals surface area contributed by atoms with Crippen LogP contribution in [0, 0.1) is 23.6 Å². The minimum atomic E-state index is -0.339. The van der Waals surface area contributed by atoms with Gasteiger partial charge in [0.25, 0.3) is 0 Å². The largest absolute Gasteiger partial charge is 0.369 e. The first-order chi connectivity index (χ1) is 10.1. The van der Waals surface area contributed by atoms with Crippen LogP contribution in [0.25, 0.3) is 0 Å². The number of nitrogens with two attached hydrogens (primary N) is 2. The molecule has 1 aliphatic heterocycles. The summed E-state index contributed by atoms with van der Waals surface area (Å²) in [6.07, 6.45) is 1.80. The molecule has 0 bridgehead atoms. The summed E-state index contributed by atoms with van der Waals surface area (Å²) in [5, 5.41) is 0. The second kappa shape index (κ2) is 7.21. The first-order valence-corrected chi connectivity index (χ1v) is 7.09. The molecule has 0 saturated carbocycles. The van der Waals surface area contributed by atoms with Crippen LogP contribution in [-0.4, -0.2) is 30.4 Å². The van der Waals surface area contributed by atoms with E-state index in [4.69, 9.17) is 11.5 Å². The quantitative estimate of drug-likeness (QED) is 0.810. The third-order valence-corrected chi connectivity index (χ3v) is 3.67. The molecular weight excluding hydrogens is 269 g/mol. The molecule has 2 rings (SSSR count). The Labute approximate surface area is 124 Å². The molecule has 0 aliphatic carbocycles. The highest BCUT2D eigenvalue weighted by Gasteiger charge is 2.23. The second-order valence-corrected chi connectivity index (χ2v) is 5.30. The minimum absolute atomic E-state index is 0.0873. The maximum absolute atomic E-state index is 13.6. The van der Waals surface area contributed by atoms with Crippen LogP contribution in [0.15, 0.2) is 18.2 Å². The van der Waals surface area contributed by atoms with Gasteiger partial charge in [0.05, 0.1) is 18.0 Å². The number of carbonyl (C=O) groups excluding carboxylic acids is 1. The van der Waals surface area contributed by atoms with Gasteiger partial charge in [-0.25, -0.2) is 4.39 Å². The van der Waals surface area contributed by atoms with E-state index in [-0.39, 0.29) is 24.2 Å². The Balaban J connectivity index is 2.07. The number of halogens is 1. The average Bonchev–Trinajstić information content (AvgIpc) is 2.48. The van der Waals surface area contributed by atoms with E-state index in [0.29, 0.717) is 18.7 Å². The summed E-state index contributed by atoms with van der Waals surface area (Å²) >= 11 is 0. The number of rotatable bonds is 3. The molecule has 5 heteroatoms. The maximum atomic E-state index is 13.6. The van der Waals surface area contributed by atoms with Crippen LogP contribution in [0.2, 0.25) is 0 Å². The summed E-state index contributed by atoms with van der Waals surface area (Å²) in [6, 6.07) is 4.91. The highest BCUT2D eigenvalue weighted by molar-refractivity contribution is 5.76. The van der Waals surface area contributed by atoms with Gasteiger partial charge in [-0.3, -0.25) is 9.69 Å². The molecule has 1 saturated heterocycles. The van der Waals surface area contributed by atoms with Gasteiger partial charge in [0.2, 0.25) is 5.91 Å². The van der Waals surface area contributed by atoms with Crippen molar-refractivity contribution in [2.45, 2.75) is 19.4 Å². The number of likely N-dealkylation sites (tertiary alicyclic amines) is 1. The normalized spacial score (nSPS) is 18.9. The molecule has 1 aliphatic rings. The number of piperidine rings is 1. The second-order valence-electron chi connectivity index (χ2n) is 5.30. The number of hydrogen-bond acceptors (Lipinski definition) is 3. The molecule has 112 valence electrons. The Morgan fingerprint density at radius 3 is 3.00 bits per heavy atom. The number of primary amides is 1. The van der Waals surface area contributed by atoms with Gasteiger partial charge in [-0.2, -0.15) is 0 Å². The van der Waals surface area contributed by atoms with Gasteiger partial charge >= 0.3 is 0 Å². The van der Waals surface area contributed by atoms with Crippen LogP contribution in [0.5, 0.6) is 0 Å². The fourth-order valence-electron chi connectivity index (χ4n) is 2.60. The smallest absolute Gasteiger partial charge is 0.221 e. The molecule has 1 aromatic rings. The lowest BCUT2D eigenvalue weighted by Crippen LogP contribution is -2.40. The van der Waals surface area contributed by atoms with Crippen LogP contribution >= 0.6 is 0 Å². The van der Waals surface area contributed by atoms with Gasteiger partial charge in [0.1, 0.15) is 5.82 Å². The molecule has 1 fully saturated rings.